The van der Waals surface area contributed by atoms with E-state index in [0.29, 0.717) is 13.2 Å². The molecule has 0 aliphatic carbocycles. The van der Waals surface area contributed by atoms with Gasteiger partial charge in [-0.05, 0) is 19.4 Å². The molecule has 1 aliphatic rings. The van der Waals surface area contributed by atoms with Crippen molar-refractivity contribution in [1.29, 1.82) is 0 Å². The number of hydrogen-bond donors (Lipinski definition) is 0. The molecule has 0 N–H and O–H groups in total. The first-order valence-corrected chi connectivity index (χ1v) is 4.43. The van der Waals surface area contributed by atoms with Gasteiger partial charge in [-0.1, -0.05) is 0 Å². The molecule has 3 heteroatoms. The van der Waals surface area contributed by atoms with Gasteiger partial charge >= 0.3 is 0 Å². The Morgan fingerprint density at radius 1 is 1.50 bits per heavy atom. The molecule has 0 aromatic rings. The van der Waals surface area contributed by atoms with E-state index in [2.05, 4.69) is 0 Å². The van der Waals surface area contributed by atoms with Gasteiger partial charge in [0.2, 0.25) is 0 Å². The fourth-order valence-electron chi connectivity index (χ4n) is 1.02. The predicted octanol–water partition coefficient (Wildman–Crippen LogP) is 1.69. The van der Waals surface area contributed by atoms with Crippen LogP contribution in [-0.2, 0) is 14.2 Å². The highest BCUT2D eigenvalue weighted by Crippen LogP contribution is 2.10. The van der Waals surface area contributed by atoms with Gasteiger partial charge in [-0.15, -0.1) is 0 Å². The van der Waals surface area contributed by atoms with Crippen LogP contribution in [0.25, 0.3) is 0 Å². The smallest absolute Gasteiger partial charge is 0.199 e. The third kappa shape index (κ3) is 3.74. The molecule has 0 saturated carbocycles. The van der Waals surface area contributed by atoms with Crippen LogP contribution in [0.1, 0.15) is 19.8 Å². The van der Waals surface area contributed by atoms with E-state index >= 15 is 0 Å². The second-order valence-corrected chi connectivity index (χ2v) is 2.58. The van der Waals surface area contributed by atoms with Gasteiger partial charge in [0.15, 0.2) is 6.29 Å². The molecule has 0 aromatic heterocycles. The zero-order valence-electron chi connectivity index (χ0n) is 7.49. The van der Waals surface area contributed by atoms with Crippen molar-refractivity contribution in [3.8, 4) is 0 Å². The van der Waals surface area contributed by atoms with Crippen molar-refractivity contribution in [3.05, 3.63) is 12.3 Å². The van der Waals surface area contributed by atoms with Gasteiger partial charge in [0.25, 0.3) is 0 Å². The monoisotopic (exact) mass is 172 g/mol. The van der Waals surface area contributed by atoms with Crippen LogP contribution < -0.4 is 0 Å². The van der Waals surface area contributed by atoms with Crippen molar-refractivity contribution in [3.63, 3.8) is 0 Å². The molecule has 0 radical (unpaired) electrons. The summed E-state index contributed by atoms with van der Waals surface area (Å²) in [6, 6.07) is 0. The zero-order chi connectivity index (χ0) is 8.65. The highest BCUT2D eigenvalue weighted by molar-refractivity contribution is 4.78. The normalized spacial score (nSPS) is 22.2. The second-order valence-electron chi connectivity index (χ2n) is 2.58. The third-order valence-corrected chi connectivity index (χ3v) is 1.63. The maximum absolute atomic E-state index is 5.39. The Kier molecular flexibility index (Phi) is 4.80. The maximum atomic E-state index is 5.39. The van der Waals surface area contributed by atoms with E-state index in [9.17, 15) is 0 Å². The topological polar surface area (TPSA) is 27.7 Å². The van der Waals surface area contributed by atoms with E-state index in [1.165, 1.54) is 0 Å². The SMILES string of the molecule is CCOCCOC1CCC=CO1. The van der Waals surface area contributed by atoms with Gasteiger partial charge in [-0.25, -0.2) is 0 Å². The Balaban J connectivity index is 1.95. The van der Waals surface area contributed by atoms with Crippen molar-refractivity contribution in [2.45, 2.75) is 26.1 Å². The molecule has 1 atom stereocenters. The largest absolute Gasteiger partial charge is 0.473 e. The van der Waals surface area contributed by atoms with E-state index in [1.807, 2.05) is 13.0 Å². The summed E-state index contributed by atoms with van der Waals surface area (Å²) in [5, 5.41) is 0. The van der Waals surface area contributed by atoms with Crippen molar-refractivity contribution in [1.82, 2.24) is 0 Å². The highest BCUT2D eigenvalue weighted by atomic mass is 16.7. The van der Waals surface area contributed by atoms with Crippen molar-refractivity contribution < 1.29 is 14.2 Å². The van der Waals surface area contributed by atoms with Crippen molar-refractivity contribution in [2.75, 3.05) is 19.8 Å². The van der Waals surface area contributed by atoms with Gasteiger partial charge in [0.05, 0.1) is 19.5 Å². The van der Waals surface area contributed by atoms with E-state index < -0.39 is 0 Å². The van der Waals surface area contributed by atoms with Crippen LogP contribution in [0.15, 0.2) is 12.3 Å². The first-order valence-electron chi connectivity index (χ1n) is 4.43. The predicted molar refractivity (Wildman–Crippen MR) is 45.7 cm³/mol. The quantitative estimate of drug-likeness (QED) is 0.591. The number of allylic oxidation sites excluding steroid dienone is 1. The molecule has 0 amide bonds. The minimum absolute atomic E-state index is 0.0598. The van der Waals surface area contributed by atoms with Gasteiger partial charge in [0.1, 0.15) is 0 Å². The molecule has 1 aliphatic heterocycles. The lowest BCUT2D eigenvalue weighted by atomic mass is 10.3. The summed E-state index contributed by atoms with van der Waals surface area (Å²) in [7, 11) is 0. The standard InChI is InChI=1S/C9H16O3/c1-2-10-7-8-12-9-5-3-4-6-11-9/h4,6,9H,2-3,5,7-8H2,1H3. The number of rotatable bonds is 5. The summed E-state index contributed by atoms with van der Waals surface area (Å²) in [5.41, 5.74) is 0. The van der Waals surface area contributed by atoms with Crippen LogP contribution in [0.3, 0.4) is 0 Å². The Bertz CT molecular complexity index is 134. The summed E-state index contributed by atoms with van der Waals surface area (Å²) >= 11 is 0. The third-order valence-electron chi connectivity index (χ3n) is 1.63. The molecule has 0 bridgehead atoms. The van der Waals surface area contributed by atoms with Gasteiger partial charge in [0, 0.05) is 13.0 Å². The van der Waals surface area contributed by atoms with Gasteiger partial charge < -0.3 is 14.2 Å². The molecule has 1 unspecified atom stereocenters. The van der Waals surface area contributed by atoms with Crippen LogP contribution in [0, 0.1) is 0 Å². The minimum Gasteiger partial charge on any atom is -0.473 e. The number of hydrogen-bond acceptors (Lipinski definition) is 3. The lowest BCUT2D eigenvalue weighted by Gasteiger charge is -2.19. The van der Waals surface area contributed by atoms with E-state index in [-0.39, 0.29) is 6.29 Å². The molecule has 0 spiro atoms. The Morgan fingerprint density at radius 3 is 3.08 bits per heavy atom. The summed E-state index contributed by atoms with van der Waals surface area (Å²) in [6.07, 6.45) is 5.63. The first-order chi connectivity index (χ1) is 5.93. The lowest BCUT2D eigenvalue weighted by Crippen LogP contribution is -2.19. The van der Waals surface area contributed by atoms with Crippen LogP contribution in [0.5, 0.6) is 0 Å². The van der Waals surface area contributed by atoms with E-state index in [1.54, 1.807) is 6.26 Å². The van der Waals surface area contributed by atoms with Crippen LogP contribution >= 0.6 is 0 Å². The number of ether oxygens (including phenoxy) is 3. The average Bonchev–Trinajstić information content (AvgIpc) is 2.14. The Morgan fingerprint density at radius 2 is 2.42 bits per heavy atom. The van der Waals surface area contributed by atoms with Crippen LogP contribution in [-0.4, -0.2) is 26.1 Å². The molecular weight excluding hydrogens is 156 g/mol. The molecule has 70 valence electrons. The van der Waals surface area contributed by atoms with Crippen LogP contribution in [0.4, 0.5) is 0 Å². The summed E-state index contributed by atoms with van der Waals surface area (Å²) in [6.45, 7) is 3.99. The molecule has 0 saturated heterocycles. The maximum Gasteiger partial charge on any atom is 0.199 e. The summed E-state index contributed by atoms with van der Waals surface area (Å²) < 4.78 is 15.7. The minimum atomic E-state index is -0.0598. The van der Waals surface area contributed by atoms with Crippen molar-refractivity contribution >= 4 is 0 Å². The Labute approximate surface area is 73.3 Å². The molecular formula is C9H16O3. The zero-order valence-corrected chi connectivity index (χ0v) is 7.49. The van der Waals surface area contributed by atoms with Crippen LogP contribution in [0.2, 0.25) is 0 Å². The second kappa shape index (κ2) is 6.03. The molecule has 0 aromatic carbocycles. The average molecular weight is 172 g/mol. The van der Waals surface area contributed by atoms with Crippen molar-refractivity contribution in [2.24, 2.45) is 0 Å². The molecule has 0 fully saturated rings. The van der Waals surface area contributed by atoms with E-state index in [0.717, 1.165) is 19.4 Å². The summed E-state index contributed by atoms with van der Waals surface area (Å²) in [5.74, 6) is 0. The first kappa shape index (κ1) is 9.55. The molecule has 12 heavy (non-hydrogen) atoms. The molecule has 1 rings (SSSR count). The summed E-state index contributed by atoms with van der Waals surface area (Å²) in [4.78, 5) is 0. The van der Waals surface area contributed by atoms with Gasteiger partial charge in [-0.2, -0.15) is 0 Å². The fraction of sp³-hybridized carbons (Fsp3) is 0.778. The highest BCUT2D eigenvalue weighted by Gasteiger charge is 2.09. The fourth-order valence-corrected chi connectivity index (χ4v) is 1.02. The lowest BCUT2D eigenvalue weighted by molar-refractivity contribution is -0.125. The molecule has 3 nitrogen and oxygen atoms in total. The Hall–Kier alpha value is -0.540. The van der Waals surface area contributed by atoms with E-state index in [4.69, 9.17) is 14.2 Å². The van der Waals surface area contributed by atoms with Gasteiger partial charge in [-0.3, -0.25) is 0 Å². The molecule has 1 heterocycles.